The van der Waals surface area contributed by atoms with Crippen LogP contribution in [0, 0.1) is 0 Å². The molecule has 0 radical (unpaired) electrons. The zero-order chi connectivity index (χ0) is 18.3. The summed E-state index contributed by atoms with van der Waals surface area (Å²) < 4.78 is 0.835. The molecule has 2 aliphatic rings. The SMILES string of the molecule is CN1CCN(C2=C(c3cccs3)C(=O)N(c3cccc(Br)c3)C2=O)CC1. The van der Waals surface area contributed by atoms with Crippen molar-refractivity contribution in [3.05, 3.63) is 56.8 Å². The van der Waals surface area contributed by atoms with Crippen LogP contribution in [0.3, 0.4) is 0 Å². The molecule has 0 atom stereocenters. The average Bonchev–Trinajstić information content (AvgIpc) is 3.22. The molecule has 0 saturated carbocycles. The van der Waals surface area contributed by atoms with E-state index in [2.05, 4.69) is 32.8 Å². The monoisotopic (exact) mass is 431 g/mol. The first kappa shape index (κ1) is 17.5. The van der Waals surface area contributed by atoms with Crippen LogP contribution in [0.15, 0.2) is 51.9 Å². The second kappa shape index (κ2) is 6.98. The van der Waals surface area contributed by atoms with E-state index in [4.69, 9.17) is 0 Å². The number of thiophene rings is 1. The van der Waals surface area contributed by atoms with Crippen LogP contribution in [0.25, 0.3) is 5.57 Å². The fourth-order valence-electron chi connectivity index (χ4n) is 3.33. The number of benzene rings is 1. The molecule has 0 aliphatic carbocycles. The van der Waals surface area contributed by atoms with Gasteiger partial charge in [-0.1, -0.05) is 28.1 Å². The van der Waals surface area contributed by atoms with E-state index in [1.54, 1.807) is 12.1 Å². The molecule has 2 amide bonds. The van der Waals surface area contributed by atoms with Gasteiger partial charge in [-0.05, 0) is 36.7 Å². The molecule has 3 heterocycles. The maximum Gasteiger partial charge on any atom is 0.282 e. The summed E-state index contributed by atoms with van der Waals surface area (Å²) in [7, 11) is 2.07. The number of hydrogen-bond acceptors (Lipinski definition) is 5. The molecule has 0 unspecified atom stereocenters. The number of carbonyl (C=O) groups excluding carboxylic acids is 2. The molecule has 0 N–H and O–H groups in total. The minimum Gasteiger partial charge on any atom is -0.364 e. The van der Waals surface area contributed by atoms with E-state index in [0.29, 0.717) is 17.0 Å². The van der Waals surface area contributed by atoms with Gasteiger partial charge in [-0.25, -0.2) is 4.90 Å². The summed E-state index contributed by atoms with van der Waals surface area (Å²) in [5, 5.41) is 1.93. The number of halogens is 1. The van der Waals surface area contributed by atoms with Crippen LogP contribution < -0.4 is 4.90 Å². The molecule has 2 aliphatic heterocycles. The molecule has 1 aromatic heterocycles. The standard InChI is InChI=1S/C19H18BrN3O2S/c1-21-7-9-22(10-8-21)17-16(15-6-3-11-26-15)18(24)23(19(17)25)14-5-2-4-13(20)12-14/h2-6,11-12H,7-10H2,1H3. The lowest BCUT2D eigenvalue weighted by Gasteiger charge is -2.34. The molecule has 1 aromatic carbocycles. The summed E-state index contributed by atoms with van der Waals surface area (Å²) in [5.41, 5.74) is 1.65. The van der Waals surface area contributed by atoms with Crippen LogP contribution in [0.2, 0.25) is 0 Å². The van der Waals surface area contributed by atoms with Crippen molar-refractivity contribution >= 4 is 50.3 Å². The highest BCUT2D eigenvalue weighted by Gasteiger charge is 2.43. The van der Waals surface area contributed by atoms with Gasteiger partial charge in [0.15, 0.2) is 0 Å². The Morgan fingerprint density at radius 1 is 1.00 bits per heavy atom. The smallest absolute Gasteiger partial charge is 0.282 e. The molecule has 1 saturated heterocycles. The second-order valence-corrected chi connectivity index (χ2v) is 8.28. The van der Waals surface area contributed by atoms with Crippen molar-refractivity contribution in [2.75, 3.05) is 38.1 Å². The largest absolute Gasteiger partial charge is 0.364 e. The molecule has 1 fully saturated rings. The first-order valence-electron chi connectivity index (χ1n) is 8.42. The van der Waals surface area contributed by atoms with E-state index < -0.39 is 0 Å². The van der Waals surface area contributed by atoms with Gasteiger partial charge >= 0.3 is 0 Å². The van der Waals surface area contributed by atoms with Crippen LogP contribution >= 0.6 is 27.3 Å². The van der Waals surface area contributed by atoms with Crippen molar-refractivity contribution < 1.29 is 9.59 Å². The number of likely N-dealkylation sites (N-methyl/N-ethyl adjacent to an activating group) is 1. The summed E-state index contributed by atoms with van der Waals surface area (Å²) >= 11 is 4.92. The summed E-state index contributed by atoms with van der Waals surface area (Å²) in [6.45, 7) is 3.23. The van der Waals surface area contributed by atoms with Crippen molar-refractivity contribution in [3.63, 3.8) is 0 Å². The lowest BCUT2D eigenvalue weighted by Crippen LogP contribution is -2.46. The molecule has 0 spiro atoms. The minimum atomic E-state index is -0.246. The normalized spacial score (nSPS) is 19.0. The van der Waals surface area contributed by atoms with Gasteiger partial charge in [-0.15, -0.1) is 11.3 Å². The number of rotatable bonds is 3. The van der Waals surface area contributed by atoms with Crippen LogP contribution in [-0.4, -0.2) is 54.8 Å². The number of anilines is 1. The molecule has 134 valence electrons. The second-order valence-electron chi connectivity index (χ2n) is 6.42. The van der Waals surface area contributed by atoms with Crippen molar-refractivity contribution in [2.45, 2.75) is 0 Å². The van der Waals surface area contributed by atoms with Crippen LogP contribution in [0.1, 0.15) is 4.88 Å². The van der Waals surface area contributed by atoms with Crippen molar-refractivity contribution in [2.24, 2.45) is 0 Å². The van der Waals surface area contributed by atoms with Gasteiger partial charge in [-0.3, -0.25) is 9.59 Å². The Morgan fingerprint density at radius 3 is 2.42 bits per heavy atom. The Hall–Kier alpha value is -1.96. The Balaban J connectivity index is 1.79. The third-order valence-electron chi connectivity index (χ3n) is 4.71. The highest BCUT2D eigenvalue weighted by molar-refractivity contribution is 9.10. The first-order chi connectivity index (χ1) is 12.6. The Bertz CT molecular complexity index is 886. The highest BCUT2D eigenvalue weighted by atomic mass is 79.9. The Kier molecular flexibility index (Phi) is 4.69. The zero-order valence-electron chi connectivity index (χ0n) is 14.3. The number of imide groups is 1. The third-order valence-corrected chi connectivity index (χ3v) is 6.09. The number of amides is 2. The molecule has 26 heavy (non-hydrogen) atoms. The Labute approximate surface area is 164 Å². The fourth-order valence-corrected chi connectivity index (χ4v) is 4.48. The molecule has 2 aromatic rings. The summed E-state index contributed by atoms with van der Waals surface area (Å²) in [4.78, 5) is 33.0. The quantitative estimate of drug-likeness (QED) is 0.700. The van der Waals surface area contributed by atoms with Gasteiger partial charge in [0.2, 0.25) is 0 Å². The number of nitrogens with zero attached hydrogens (tertiary/aromatic N) is 3. The molecule has 4 rings (SSSR count). The van der Waals surface area contributed by atoms with Gasteiger partial charge in [-0.2, -0.15) is 0 Å². The highest BCUT2D eigenvalue weighted by Crippen LogP contribution is 2.37. The van der Waals surface area contributed by atoms with E-state index in [0.717, 1.165) is 35.5 Å². The van der Waals surface area contributed by atoms with Crippen LogP contribution in [-0.2, 0) is 9.59 Å². The predicted octanol–water partition coefficient (Wildman–Crippen LogP) is 3.04. The topological polar surface area (TPSA) is 43.9 Å². The maximum absolute atomic E-state index is 13.3. The fraction of sp³-hybridized carbons (Fsp3) is 0.263. The van der Waals surface area contributed by atoms with Crippen LogP contribution in [0.4, 0.5) is 5.69 Å². The van der Waals surface area contributed by atoms with Gasteiger partial charge in [0, 0.05) is 35.5 Å². The van der Waals surface area contributed by atoms with Crippen molar-refractivity contribution in [1.82, 2.24) is 9.80 Å². The number of piperazine rings is 1. The average molecular weight is 432 g/mol. The van der Waals surface area contributed by atoms with Gasteiger partial charge < -0.3 is 9.80 Å². The number of hydrogen-bond donors (Lipinski definition) is 0. The number of carbonyl (C=O) groups is 2. The minimum absolute atomic E-state index is 0.235. The first-order valence-corrected chi connectivity index (χ1v) is 10.1. The zero-order valence-corrected chi connectivity index (χ0v) is 16.7. The maximum atomic E-state index is 13.3. The summed E-state index contributed by atoms with van der Waals surface area (Å²) in [6.07, 6.45) is 0. The van der Waals surface area contributed by atoms with E-state index in [1.807, 2.05) is 29.6 Å². The van der Waals surface area contributed by atoms with Gasteiger partial charge in [0.1, 0.15) is 5.70 Å². The lowest BCUT2D eigenvalue weighted by molar-refractivity contribution is -0.120. The molecule has 7 heteroatoms. The van der Waals surface area contributed by atoms with Gasteiger partial charge in [0.25, 0.3) is 11.8 Å². The lowest BCUT2D eigenvalue weighted by atomic mass is 10.1. The summed E-state index contributed by atoms with van der Waals surface area (Å²) in [5.74, 6) is -0.481. The van der Waals surface area contributed by atoms with Gasteiger partial charge in [0.05, 0.1) is 11.3 Å². The van der Waals surface area contributed by atoms with E-state index >= 15 is 0 Å². The summed E-state index contributed by atoms with van der Waals surface area (Å²) in [6, 6.07) is 11.1. The molecule has 0 bridgehead atoms. The van der Waals surface area contributed by atoms with E-state index in [1.165, 1.54) is 16.2 Å². The van der Waals surface area contributed by atoms with E-state index in [-0.39, 0.29) is 11.8 Å². The van der Waals surface area contributed by atoms with Crippen molar-refractivity contribution in [1.29, 1.82) is 0 Å². The molecular weight excluding hydrogens is 414 g/mol. The molecular formula is C19H18BrN3O2S. The van der Waals surface area contributed by atoms with Crippen molar-refractivity contribution in [3.8, 4) is 0 Å². The predicted molar refractivity (Wildman–Crippen MR) is 107 cm³/mol. The van der Waals surface area contributed by atoms with E-state index in [9.17, 15) is 9.59 Å². The third kappa shape index (κ3) is 3.00. The van der Waals surface area contributed by atoms with Crippen LogP contribution in [0.5, 0.6) is 0 Å². The molecule has 5 nitrogen and oxygen atoms in total. The Morgan fingerprint density at radius 2 is 1.77 bits per heavy atom.